The minimum atomic E-state index is -0.360. The Labute approximate surface area is 94.4 Å². The predicted molar refractivity (Wildman–Crippen MR) is 59.4 cm³/mol. The van der Waals surface area contributed by atoms with Crippen LogP contribution in [0.1, 0.15) is 35.7 Å². The molecule has 0 N–H and O–H groups in total. The normalized spacial score (nSPS) is 16.6. The van der Waals surface area contributed by atoms with E-state index in [0.717, 1.165) is 18.4 Å². The number of rotatable bonds is 3. The van der Waals surface area contributed by atoms with E-state index in [0.29, 0.717) is 5.56 Å². The number of carbonyl (C=O) groups excluding carboxylic acids is 2. The average Bonchev–Trinajstić information content (AvgIpc) is 3.09. The molecule has 0 radical (unpaired) electrons. The first-order valence-electron chi connectivity index (χ1n) is 5.30. The molecule has 0 saturated heterocycles. The molecule has 0 bridgehead atoms. The molecule has 1 aliphatic rings. The third kappa shape index (κ3) is 1.62. The standard InChI is InChI=1S/C13H14O3/c1-9(14)13(6-7-13)11-5-3-4-10(8-11)12(15)16-2/h3-5,8H,6-7H2,1-2H3. The third-order valence-electron chi connectivity index (χ3n) is 3.26. The molecule has 0 aliphatic heterocycles. The summed E-state index contributed by atoms with van der Waals surface area (Å²) in [5.74, 6) is -0.185. The van der Waals surface area contributed by atoms with Gasteiger partial charge in [0.25, 0.3) is 0 Å². The molecule has 0 spiro atoms. The maximum atomic E-state index is 11.6. The van der Waals surface area contributed by atoms with E-state index >= 15 is 0 Å². The molecule has 0 unspecified atom stereocenters. The lowest BCUT2D eigenvalue weighted by Crippen LogP contribution is -2.17. The fourth-order valence-corrected chi connectivity index (χ4v) is 2.03. The van der Waals surface area contributed by atoms with Gasteiger partial charge in [-0.25, -0.2) is 4.79 Å². The lowest BCUT2D eigenvalue weighted by molar-refractivity contribution is -0.119. The maximum absolute atomic E-state index is 11.6. The van der Waals surface area contributed by atoms with Crippen molar-refractivity contribution in [2.75, 3.05) is 7.11 Å². The SMILES string of the molecule is COC(=O)c1cccc(C2(C(C)=O)CC2)c1. The van der Waals surface area contributed by atoms with E-state index in [1.54, 1.807) is 25.1 Å². The number of hydrogen-bond acceptors (Lipinski definition) is 3. The van der Waals surface area contributed by atoms with Crippen molar-refractivity contribution in [2.24, 2.45) is 0 Å². The highest BCUT2D eigenvalue weighted by atomic mass is 16.5. The Kier molecular flexibility index (Phi) is 2.54. The molecule has 1 fully saturated rings. The molecule has 0 atom stereocenters. The van der Waals surface area contributed by atoms with Gasteiger partial charge in [-0.15, -0.1) is 0 Å². The summed E-state index contributed by atoms with van der Waals surface area (Å²) in [6, 6.07) is 7.16. The highest BCUT2D eigenvalue weighted by Gasteiger charge is 2.48. The van der Waals surface area contributed by atoms with Crippen LogP contribution in [-0.4, -0.2) is 18.9 Å². The number of methoxy groups -OCH3 is 1. The summed E-state index contributed by atoms with van der Waals surface area (Å²) in [6.45, 7) is 1.61. The van der Waals surface area contributed by atoms with Crippen molar-refractivity contribution < 1.29 is 14.3 Å². The summed E-state index contributed by atoms with van der Waals surface area (Å²) >= 11 is 0. The number of Topliss-reactive ketones (excluding diaryl/α,β-unsaturated/α-hetero) is 1. The van der Waals surface area contributed by atoms with Crippen LogP contribution in [0, 0.1) is 0 Å². The second-order valence-corrected chi connectivity index (χ2v) is 4.21. The molecule has 1 aliphatic carbocycles. The Morgan fingerprint density at radius 2 is 2.00 bits per heavy atom. The van der Waals surface area contributed by atoms with E-state index in [4.69, 9.17) is 0 Å². The molecule has 1 saturated carbocycles. The van der Waals surface area contributed by atoms with Crippen molar-refractivity contribution in [2.45, 2.75) is 25.2 Å². The van der Waals surface area contributed by atoms with E-state index in [9.17, 15) is 9.59 Å². The summed E-state index contributed by atoms with van der Waals surface area (Å²) in [5, 5.41) is 0. The van der Waals surface area contributed by atoms with E-state index in [1.807, 2.05) is 6.07 Å². The van der Waals surface area contributed by atoms with Crippen LogP contribution in [0.2, 0.25) is 0 Å². The van der Waals surface area contributed by atoms with Crippen LogP contribution in [0.4, 0.5) is 0 Å². The summed E-state index contributed by atoms with van der Waals surface area (Å²) in [6.07, 6.45) is 1.76. The van der Waals surface area contributed by atoms with Gasteiger partial charge in [-0.3, -0.25) is 4.79 Å². The quantitative estimate of drug-likeness (QED) is 0.730. The molecule has 0 amide bonds. The number of ketones is 1. The Balaban J connectivity index is 2.37. The highest BCUT2D eigenvalue weighted by Crippen LogP contribution is 2.48. The molecular formula is C13H14O3. The van der Waals surface area contributed by atoms with Gasteiger partial charge in [-0.1, -0.05) is 12.1 Å². The van der Waals surface area contributed by atoms with Crippen molar-refractivity contribution in [1.29, 1.82) is 0 Å². The second-order valence-electron chi connectivity index (χ2n) is 4.21. The van der Waals surface area contributed by atoms with Gasteiger partial charge in [-0.05, 0) is 37.5 Å². The van der Waals surface area contributed by atoms with Crippen LogP contribution in [-0.2, 0) is 14.9 Å². The van der Waals surface area contributed by atoms with Crippen molar-refractivity contribution >= 4 is 11.8 Å². The minimum Gasteiger partial charge on any atom is -0.465 e. The van der Waals surface area contributed by atoms with Crippen LogP contribution in [0.3, 0.4) is 0 Å². The van der Waals surface area contributed by atoms with E-state index in [-0.39, 0.29) is 17.2 Å². The molecule has 0 aromatic heterocycles. The van der Waals surface area contributed by atoms with Crippen LogP contribution in [0.5, 0.6) is 0 Å². The first-order valence-corrected chi connectivity index (χ1v) is 5.30. The molecule has 1 aromatic carbocycles. The third-order valence-corrected chi connectivity index (χ3v) is 3.26. The molecule has 3 heteroatoms. The van der Waals surface area contributed by atoms with Gasteiger partial charge in [0.05, 0.1) is 18.1 Å². The van der Waals surface area contributed by atoms with Crippen molar-refractivity contribution in [3.05, 3.63) is 35.4 Å². The van der Waals surface area contributed by atoms with Gasteiger partial charge < -0.3 is 4.74 Å². The summed E-state index contributed by atoms with van der Waals surface area (Å²) < 4.78 is 4.66. The van der Waals surface area contributed by atoms with Crippen LogP contribution >= 0.6 is 0 Å². The number of esters is 1. The maximum Gasteiger partial charge on any atom is 0.337 e. The fourth-order valence-electron chi connectivity index (χ4n) is 2.03. The van der Waals surface area contributed by atoms with Gasteiger partial charge in [-0.2, -0.15) is 0 Å². The molecule has 84 valence electrons. The van der Waals surface area contributed by atoms with E-state index < -0.39 is 0 Å². The number of ether oxygens (including phenoxy) is 1. The zero-order valence-corrected chi connectivity index (χ0v) is 9.45. The molecule has 0 heterocycles. The van der Waals surface area contributed by atoms with E-state index in [1.165, 1.54) is 7.11 Å². The minimum absolute atomic E-state index is 0.175. The summed E-state index contributed by atoms with van der Waals surface area (Å²) in [5.41, 5.74) is 1.11. The van der Waals surface area contributed by atoms with Crippen molar-refractivity contribution in [1.82, 2.24) is 0 Å². The first kappa shape index (κ1) is 10.9. The Bertz CT molecular complexity index is 444. The van der Waals surface area contributed by atoms with Crippen molar-refractivity contribution in [3.8, 4) is 0 Å². The number of benzene rings is 1. The smallest absolute Gasteiger partial charge is 0.337 e. The van der Waals surface area contributed by atoms with Gasteiger partial charge in [0.15, 0.2) is 0 Å². The van der Waals surface area contributed by atoms with Crippen LogP contribution in [0.15, 0.2) is 24.3 Å². The Hall–Kier alpha value is -1.64. The number of carbonyl (C=O) groups is 2. The molecular weight excluding hydrogens is 204 g/mol. The molecule has 16 heavy (non-hydrogen) atoms. The predicted octanol–water partition coefficient (Wildman–Crippen LogP) is 2.09. The largest absolute Gasteiger partial charge is 0.465 e. The fraction of sp³-hybridized carbons (Fsp3) is 0.385. The summed E-state index contributed by atoms with van der Waals surface area (Å²) in [7, 11) is 1.35. The van der Waals surface area contributed by atoms with Gasteiger partial charge in [0.2, 0.25) is 0 Å². The topological polar surface area (TPSA) is 43.4 Å². The zero-order chi connectivity index (χ0) is 11.8. The van der Waals surface area contributed by atoms with Gasteiger partial charge in [0.1, 0.15) is 5.78 Å². The molecule has 2 rings (SSSR count). The van der Waals surface area contributed by atoms with Crippen molar-refractivity contribution in [3.63, 3.8) is 0 Å². The van der Waals surface area contributed by atoms with Crippen LogP contribution < -0.4 is 0 Å². The van der Waals surface area contributed by atoms with Gasteiger partial charge >= 0.3 is 5.97 Å². The molecule has 1 aromatic rings. The first-order chi connectivity index (χ1) is 7.60. The Morgan fingerprint density at radius 1 is 1.31 bits per heavy atom. The lowest BCUT2D eigenvalue weighted by atomic mass is 9.91. The highest BCUT2D eigenvalue weighted by molar-refractivity contribution is 5.93. The monoisotopic (exact) mass is 218 g/mol. The zero-order valence-electron chi connectivity index (χ0n) is 9.45. The average molecular weight is 218 g/mol. The number of hydrogen-bond donors (Lipinski definition) is 0. The molecule has 3 nitrogen and oxygen atoms in total. The second kappa shape index (κ2) is 3.74. The lowest BCUT2D eigenvalue weighted by Gasteiger charge is -2.12. The van der Waals surface area contributed by atoms with Crippen LogP contribution in [0.25, 0.3) is 0 Å². The van der Waals surface area contributed by atoms with E-state index in [2.05, 4.69) is 4.74 Å². The Morgan fingerprint density at radius 3 is 2.50 bits per heavy atom. The van der Waals surface area contributed by atoms with Gasteiger partial charge in [0, 0.05) is 0 Å². The summed E-state index contributed by atoms with van der Waals surface area (Å²) in [4.78, 5) is 22.9.